The molecule has 0 fully saturated rings. The van der Waals surface area contributed by atoms with E-state index in [1.54, 1.807) is 38.3 Å². The van der Waals surface area contributed by atoms with E-state index in [2.05, 4.69) is 5.32 Å². The van der Waals surface area contributed by atoms with Gasteiger partial charge in [-0.3, -0.25) is 13.8 Å². The Hall–Kier alpha value is -1.40. The Morgan fingerprint density at radius 1 is 1.30 bits per heavy atom. The lowest BCUT2D eigenvalue weighted by Gasteiger charge is -2.25. The van der Waals surface area contributed by atoms with Gasteiger partial charge in [0.15, 0.2) is 0 Å². The molecule has 0 spiro atoms. The van der Waals surface area contributed by atoms with E-state index >= 15 is 0 Å². The number of anilines is 1. The van der Waals surface area contributed by atoms with Crippen molar-refractivity contribution in [2.75, 3.05) is 11.6 Å². The third kappa shape index (κ3) is 5.32. The van der Waals surface area contributed by atoms with Crippen LogP contribution in [-0.2, 0) is 26.1 Å². The van der Waals surface area contributed by atoms with Crippen molar-refractivity contribution in [1.82, 2.24) is 0 Å². The second kappa shape index (κ2) is 8.45. The molecule has 1 unspecified atom stereocenters. The Morgan fingerprint density at radius 2 is 1.91 bits per heavy atom. The zero-order chi connectivity index (χ0) is 17.6. The van der Waals surface area contributed by atoms with Gasteiger partial charge in [-0.05, 0) is 36.6 Å². The topological polar surface area (TPSA) is 83.5 Å². The molecule has 0 saturated heterocycles. The third-order valence-electron chi connectivity index (χ3n) is 3.99. The molecule has 0 aliphatic heterocycles. The van der Waals surface area contributed by atoms with Crippen molar-refractivity contribution < 1.29 is 18.9 Å². The van der Waals surface area contributed by atoms with Crippen molar-refractivity contribution in [3.8, 4) is 0 Å². The summed E-state index contributed by atoms with van der Waals surface area (Å²) < 4.78 is 11.3. The molecule has 2 N–H and O–H groups in total. The summed E-state index contributed by atoms with van der Waals surface area (Å²) in [6.45, 7) is 3.53. The first kappa shape index (κ1) is 19.6. The zero-order valence-electron chi connectivity index (χ0n) is 13.5. The molecule has 5 nitrogen and oxygen atoms in total. The van der Waals surface area contributed by atoms with Crippen LogP contribution in [0.4, 0.5) is 5.69 Å². The van der Waals surface area contributed by atoms with Gasteiger partial charge in [-0.2, -0.15) is 0 Å². The Balaban J connectivity index is 2.89. The summed E-state index contributed by atoms with van der Waals surface area (Å²) >= 11 is 6.04. The molecule has 23 heavy (non-hydrogen) atoms. The number of halogens is 1. The van der Waals surface area contributed by atoms with Crippen LogP contribution >= 0.6 is 11.6 Å². The highest BCUT2D eigenvalue weighted by Crippen LogP contribution is 2.31. The molecule has 1 atom stereocenters. The van der Waals surface area contributed by atoms with Gasteiger partial charge >= 0.3 is 5.97 Å². The van der Waals surface area contributed by atoms with Gasteiger partial charge in [0.2, 0.25) is 5.91 Å². The lowest BCUT2D eigenvalue weighted by molar-refractivity contribution is -0.151. The van der Waals surface area contributed by atoms with Crippen LogP contribution in [0, 0.1) is 5.41 Å². The molecule has 0 heterocycles. The van der Waals surface area contributed by atoms with Crippen molar-refractivity contribution >= 4 is 40.0 Å². The monoisotopic (exact) mass is 359 g/mol. The summed E-state index contributed by atoms with van der Waals surface area (Å²) in [5.41, 5.74) is 0.150. The van der Waals surface area contributed by atoms with E-state index in [4.69, 9.17) is 11.6 Å². The number of benzene rings is 1. The summed E-state index contributed by atoms with van der Waals surface area (Å²) in [6.07, 6.45) is 2.25. The average Bonchev–Trinajstić information content (AvgIpc) is 2.47. The molecular weight excluding hydrogens is 338 g/mol. The van der Waals surface area contributed by atoms with Crippen LogP contribution in [0.3, 0.4) is 0 Å². The number of hydrogen-bond acceptors (Lipinski definition) is 3. The van der Waals surface area contributed by atoms with E-state index in [-0.39, 0.29) is 12.3 Å². The highest BCUT2D eigenvalue weighted by molar-refractivity contribution is 7.83. The number of nitrogens with one attached hydrogen (secondary N) is 1. The molecule has 1 rings (SSSR count). The molecule has 7 heteroatoms. The van der Waals surface area contributed by atoms with Crippen molar-refractivity contribution in [2.24, 2.45) is 5.41 Å². The minimum atomic E-state index is -1.05. The Bertz CT molecular complexity index is 614. The molecule has 0 saturated carbocycles. The molecule has 128 valence electrons. The van der Waals surface area contributed by atoms with Gasteiger partial charge < -0.3 is 10.4 Å². The van der Waals surface area contributed by atoms with Crippen LogP contribution in [-0.4, -0.2) is 27.4 Å². The second-order valence-corrected chi connectivity index (χ2v) is 7.38. The van der Waals surface area contributed by atoms with Crippen molar-refractivity contribution in [3.63, 3.8) is 0 Å². The Morgan fingerprint density at radius 3 is 2.39 bits per heavy atom. The van der Waals surface area contributed by atoms with E-state index in [1.165, 1.54) is 0 Å². The van der Waals surface area contributed by atoms with Crippen molar-refractivity contribution in [1.29, 1.82) is 0 Å². The van der Waals surface area contributed by atoms with Crippen LogP contribution < -0.4 is 5.32 Å². The fourth-order valence-corrected chi connectivity index (χ4v) is 3.31. The van der Waals surface area contributed by atoms with Crippen LogP contribution in [0.5, 0.6) is 0 Å². The quantitative estimate of drug-likeness (QED) is 0.744. The summed E-state index contributed by atoms with van der Waals surface area (Å²) in [6, 6.07) is 4.94. The van der Waals surface area contributed by atoms with Gasteiger partial charge in [-0.1, -0.05) is 25.4 Å². The van der Waals surface area contributed by atoms with Crippen LogP contribution in [0.15, 0.2) is 18.2 Å². The largest absolute Gasteiger partial charge is 0.481 e. The van der Waals surface area contributed by atoms with Crippen LogP contribution in [0.1, 0.15) is 38.7 Å². The molecule has 0 bridgehead atoms. The summed E-state index contributed by atoms with van der Waals surface area (Å²) in [4.78, 5) is 23.7. The zero-order valence-corrected chi connectivity index (χ0v) is 15.1. The maximum absolute atomic E-state index is 12.2. The van der Waals surface area contributed by atoms with Gasteiger partial charge in [0.25, 0.3) is 0 Å². The molecule has 1 amide bonds. The number of carboxylic acids is 1. The lowest BCUT2D eigenvalue weighted by atomic mass is 9.79. The fraction of sp³-hybridized carbons (Fsp3) is 0.500. The standard InChI is InChI=1S/C16H22ClNO4S/c1-4-16(5-2,15(20)21)9-14(19)18-12-6-7-13(17)11(8-12)10-23(3)22/h6-8H,4-5,9-10H2,1-3H3,(H,18,19)(H,20,21). The molecule has 0 aliphatic rings. The first-order chi connectivity index (χ1) is 10.7. The minimum absolute atomic E-state index is 0.0903. The fourth-order valence-electron chi connectivity index (χ4n) is 2.37. The Kier molecular flexibility index (Phi) is 7.22. The summed E-state index contributed by atoms with van der Waals surface area (Å²) in [5.74, 6) is -1.02. The van der Waals surface area contributed by atoms with Gasteiger partial charge in [-0.15, -0.1) is 0 Å². The number of hydrogen-bond donors (Lipinski definition) is 2. The SMILES string of the molecule is CCC(CC)(CC(=O)Nc1ccc(Cl)c(CS(C)=O)c1)C(=O)O. The summed E-state index contributed by atoms with van der Waals surface area (Å²) in [5, 5.41) is 12.6. The molecule has 0 radical (unpaired) electrons. The maximum atomic E-state index is 12.2. The number of carbonyl (C=O) groups is 2. The molecular formula is C16H22ClNO4S. The third-order valence-corrected chi connectivity index (χ3v) is 5.08. The number of carboxylic acid groups (broad SMARTS) is 1. The van der Waals surface area contributed by atoms with Crippen molar-refractivity contribution in [2.45, 2.75) is 38.9 Å². The van der Waals surface area contributed by atoms with Crippen LogP contribution in [0.25, 0.3) is 0 Å². The highest BCUT2D eigenvalue weighted by Gasteiger charge is 2.37. The van der Waals surface area contributed by atoms with E-state index in [0.29, 0.717) is 34.9 Å². The van der Waals surface area contributed by atoms with Crippen LogP contribution in [0.2, 0.25) is 5.02 Å². The predicted octanol–water partition coefficient (Wildman–Crippen LogP) is 3.44. The van der Waals surface area contributed by atoms with E-state index in [9.17, 15) is 18.9 Å². The van der Waals surface area contributed by atoms with E-state index in [1.807, 2.05) is 0 Å². The highest BCUT2D eigenvalue weighted by atomic mass is 35.5. The van der Waals surface area contributed by atoms with Gasteiger partial charge in [0.1, 0.15) is 0 Å². The molecule has 1 aromatic rings. The number of carbonyl (C=O) groups excluding carboxylic acids is 1. The molecule has 0 aromatic heterocycles. The van der Waals surface area contributed by atoms with Gasteiger partial charge in [-0.25, -0.2) is 0 Å². The smallest absolute Gasteiger partial charge is 0.310 e. The van der Waals surface area contributed by atoms with E-state index < -0.39 is 22.2 Å². The summed E-state index contributed by atoms with van der Waals surface area (Å²) in [7, 11) is -1.05. The average molecular weight is 360 g/mol. The predicted molar refractivity (Wildman–Crippen MR) is 93.1 cm³/mol. The normalized spacial score (nSPS) is 12.7. The lowest BCUT2D eigenvalue weighted by Crippen LogP contribution is -2.34. The Labute approximate surface area is 143 Å². The maximum Gasteiger partial charge on any atom is 0.310 e. The first-order valence-electron chi connectivity index (χ1n) is 7.35. The van der Waals surface area contributed by atoms with E-state index in [0.717, 1.165) is 0 Å². The molecule has 1 aromatic carbocycles. The molecule has 0 aliphatic carbocycles. The van der Waals surface area contributed by atoms with Crippen molar-refractivity contribution in [3.05, 3.63) is 28.8 Å². The minimum Gasteiger partial charge on any atom is -0.481 e. The van der Waals surface area contributed by atoms with Gasteiger partial charge in [0.05, 0.1) is 5.41 Å². The first-order valence-corrected chi connectivity index (χ1v) is 9.46. The van der Waals surface area contributed by atoms with Gasteiger partial charge in [0, 0.05) is 39.9 Å². The number of rotatable bonds is 8. The number of amides is 1. The number of aliphatic carboxylic acids is 1. The second-order valence-electron chi connectivity index (χ2n) is 5.54.